The van der Waals surface area contributed by atoms with Crippen molar-refractivity contribution in [3.05, 3.63) is 329 Å². The topological polar surface area (TPSA) is 59.0 Å². The van der Waals surface area contributed by atoms with Crippen LogP contribution in [0.5, 0.6) is 0 Å². The lowest BCUT2D eigenvalue weighted by Gasteiger charge is -2.50. The van der Waals surface area contributed by atoms with E-state index in [0.29, 0.717) is 0 Å². The Kier molecular flexibility index (Phi) is 14.2. The molecule has 12 aromatic carbocycles. The average molecular weight is 1380 g/mol. The minimum atomic E-state index is -0.176. The summed E-state index contributed by atoms with van der Waals surface area (Å²) < 4.78 is 27.8. The van der Waals surface area contributed by atoms with Crippen molar-refractivity contribution in [1.29, 1.82) is 0 Å². The SMILES string of the molecule is CC(C)(C)C1=CC=C(/C(=C\c2ccc(C(C)(C)C)cc2)c2cc3c4c(c2)N(c2cccc(-c5cccc6c5oc5ccccc56)c2)C2CC(C5=c6oc7ccccc7c6=CCC5)=CC=C2B4c2ccc(-c4cccc5c4oc4ccccc45)cc2N3c2cccc(-c3cccc4c3oc3ccccc34)c2)CC1. The second-order valence-electron chi connectivity index (χ2n) is 32.0. The number of anilines is 5. The average Bonchev–Trinajstić information content (AvgIpc) is 1.33. The van der Waals surface area contributed by atoms with Crippen LogP contribution in [0.4, 0.5) is 28.4 Å². The van der Waals surface area contributed by atoms with Gasteiger partial charge in [0, 0.05) is 88.0 Å². The first-order valence-corrected chi connectivity index (χ1v) is 38.0. The lowest BCUT2D eigenvalue weighted by atomic mass is 9.31. The van der Waals surface area contributed by atoms with Crippen LogP contribution in [0.2, 0.25) is 0 Å². The number of hydrogen-bond acceptors (Lipinski definition) is 6. The highest BCUT2D eigenvalue weighted by Gasteiger charge is 2.49. The number of benzene rings is 12. The molecular formula is C100H77BN2O4. The molecule has 21 rings (SSSR count). The number of allylic oxidation sites excluding steroid dienone is 7. The Morgan fingerprint density at radius 2 is 0.981 bits per heavy atom. The van der Waals surface area contributed by atoms with E-state index in [0.717, 1.165) is 176 Å². The third-order valence-corrected chi connectivity index (χ3v) is 23.7. The van der Waals surface area contributed by atoms with Gasteiger partial charge in [0.25, 0.3) is 0 Å². The molecular weight excluding hydrogens is 1300 g/mol. The van der Waals surface area contributed by atoms with E-state index in [4.69, 9.17) is 17.7 Å². The van der Waals surface area contributed by atoms with Gasteiger partial charge in [0.15, 0.2) is 0 Å². The van der Waals surface area contributed by atoms with Crippen molar-refractivity contribution < 1.29 is 17.7 Å². The fourth-order valence-electron chi connectivity index (χ4n) is 18.4. The van der Waals surface area contributed by atoms with Gasteiger partial charge < -0.3 is 27.5 Å². The number of para-hydroxylation sites is 7. The summed E-state index contributed by atoms with van der Waals surface area (Å²) in [4.78, 5) is 5.36. The van der Waals surface area contributed by atoms with E-state index in [9.17, 15) is 0 Å². The normalized spacial score (nSPS) is 15.9. The number of nitrogens with zero attached hydrogens (tertiary/aromatic N) is 2. The molecule has 0 saturated heterocycles. The van der Waals surface area contributed by atoms with E-state index < -0.39 is 0 Å². The first kappa shape index (κ1) is 63.2. The maximum atomic E-state index is 7.02. The van der Waals surface area contributed by atoms with Crippen molar-refractivity contribution in [3.63, 3.8) is 0 Å². The van der Waals surface area contributed by atoms with E-state index in [-0.39, 0.29) is 23.6 Å². The molecule has 0 N–H and O–H groups in total. The van der Waals surface area contributed by atoms with Crippen LogP contribution in [0.1, 0.15) is 90.3 Å². The van der Waals surface area contributed by atoms with E-state index in [1.54, 1.807) is 0 Å². The van der Waals surface area contributed by atoms with Crippen LogP contribution in [-0.4, -0.2) is 12.8 Å². The molecule has 7 heteroatoms. The number of furan rings is 4. The predicted molar refractivity (Wildman–Crippen MR) is 448 cm³/mol. The monoisotopic (exact) mass is 1380 g/mol. The number of rotatable bonds is 9. The van der Waals surface area contributed by atoms with Gasteiger partial charge >= 0.3 is 0 Å². The molecule has 5 aliphatic rings. The van der Waals surface area contributed by atoms with E-state index >= 15 is 0 Å². The molecule has 3 aliphatic carbocycles. The molecule has 2 aliphatic heterocycles. The third-order valence-electron chi connectivity index (χ3n) is 23.7. The van der Waals surface area contributed by atoms with Gasteiger partial charge in [-0.2, -0.15) is 0 Å². The summed E-state index contributed by atoms with van der Waals surface area (Å²) in [6.45, 7) is 13.8. The molecule has 6 nitrogen and oxygen atoms in total. The summed E-state index contributed by atoms with van der Waals surface area (Å²) in [5.41, 5.74) is 33.1. The molecule has 514 valence electrons. The Balaban J connectivity index is 0.870. The summed E-state index contributed by atoms with van der Waals surface area (Å²) in [5.74, 6) is 0. The fraction of sp³-hybridized carbons (Fsp3) is 0.140. The zero-order valence-electron chi connectivity index (χ0n) is 60.9. The quantitative estimate of drug-likeness (QED) is 0.106. The van der Waals surface area contributed by atoms with Crippen LogP contribution in [0.25, 0.3) is 133 Å². The van der Waals surface area contributed by atoms with Crippen molar-refractivity contribution >= 4 is 146 Å². The maximum absolute atomic E-state index is 7.02. The van der Waals surface area contributed by atoms with Crippen molar-refractivity contribution in [3.8, 4) is 33.4 Å². The molecule has 0 saturated carbocycles. The summed E-state index contributed by atoms with van der Waals surface area (Å²) >= 11 is 0. The second-order valence-corrected chi connectivity index (χ2v) is 32.0. The number of hydrogen-bond donors (Lipinski definition) is 0. The first-order chi connectivity index (χ1) is 52.3. The molecule has 0 spiro atoms. The molecule has 1 atom stereocenters. The maximum Gasteiger partial charge on any atom is 0.247 e. The zero-order valence-corrected chi connectivity index (χ0v) is 60.9. The van der Waals surface area contributed by atoms with Crippen molar-refractivity contribution in [1.82, 2.24) is 0 Å². The molecule has 0 bridgehead atoms. The largest absolute Gasteiger partial charge is 0.456 e. The Hall–Kier alpha value is -12.3. The summed E-state index contributed by atoms with van der Waals surface area (Å²) in [5, 5.41) is 8.99. The number of fused-ring (bicyclic) bond motifs is 16. The van der Waals surface area contributed by atoms with Gasteiger partial charge in [0.2, 0.25) is 6.71 Å². The van der Waals surface area contributed by atoms with Crippen LogP contribution in [0, 0.1) is 5.41 Å². The highest BCUT2D eigenvalue weighted by Crippen LogP contribution is 2.53. The molecule has 16 aromatic rings. The molecule has 0 radical (unpaired) electrons. The van der Waals surface area contributed by atoms with Crippen molar-refractivity contribution in [2.45, 2.75) is 85.1 Å². The Morgan fingerprint density at radius 3 is 1.57 bits per heavy atom. The summed E-state index contributed by atoms with van der Waals surface area (Å²) in [6.07, 6.45) is 19.1. The molecule has 4 aromatic heterocycles. The predicted octanol–water partition coefficient (Wildman–Crippen LogP) is 24.8. The minimum absolute atomic E-state index is 0.0139. The second kappa shape index (κ2) is 24.1. The van der Waals surface area contributed by atoms with Gasteiger partial charge in [0.1, 0.15) is 44.5 Å². The summed E-state index contributed by atoms with van der Waals surface area (Å²) in [6, 6.07) is 93.8. The highest BCUT2D eigenvalue weighted by atomic mass is 16.3. The molecule has 6 heterocycles. The molecule has 1 unspecified atom stereocenters. The van der Waals surface area contributed by atoms with E-state index in [2.05, 4.69) is 343 Å². The zero-order chi connectivity index (χ0) is 71.6. The third kappa shape index (κ3) is 10.2. The molecule has 0 amide bonds. The Morgan fingerprint density at radius 1 is 0.439 bits per heavy atom. The summed E-state index contributed by atoms with van der Waals surface area (Å²) in [7, 11) is 0. The molecule has 107 heavy (non-hydrogen) atoms. The Bertz CT molecular complexity index is 6780. The van der Waals surface area contributed by atoms with E-state index in [1.807, 2.05) is 0 Å². The lowest BCUT2D eigenvalue weighted by Crippen LogP contribution is -2.61. The van der Waals surface area contributed by atoms with Gasteiger partial charge in [-0.25, -0.2) is 0 Å². The van der Waals surface area contributed by atoms with Gasteiger partial charge in [-0.1, -0.05) is 271 Å². The van der Waals surface area contributed by atoms with Gasteiger partial charge in [-0.15, -0.1) is 0 Å². The van der Waals surface area contributed by atoms with Crippen molar-refractivity contribution in [2.75, 3.05) is 9.80 Å². The first-order valence-electron chi connectivity index (χ1n) is 38.0. The van der Waals surface area contributed by atoms with E-state index in [1.165, 1.54) is 66.1 Å². The van der Waals surface area contributed by atoms with Gasteiger partial charge in [-0.05, 0) is 182 Å². The Labute approximate surface area is 622 Å². The van der Waals surface area contributed by atoms with Gasteiger partial charge in [0.05, 0.1) is 6.04 Å². The smallest absolute Gasteiger partial charge is 0.247 e. The lowest BCUT2D eigenvalue weighted by molar-refractivity contribution is 0.480. The van der Waals surface area contributed by atoms with Crippen LogP contribution in [-0.2, 0) is 5.41 Å². The fourth-order valence-corrected chi connectivity index (χ4v) is 18.4. The molecule has 0 fully saturated rings. The highest BCUT2D eigenvalue weighted by molar-refractivity contribution is 6.95. The van der Waals surface area contributed by atoms with Crippen LogP contribution in [0.15, 0.2) is 319 Å². The van der Waals surface area contributed by atoms with Crippen molar-refractivity contribution in [2.24, 2.45) is 5.41 Å². The standard InChI is InChI=1S/C100H77BN2O4/c1-99(2,3)67-47-41-60(42-48-67)53-83(61-43-49-68(50-44-61)100(4,5)6)66-58-88-94-89(59-66)103(70-24-16-22-63(55-70)72-30-18-34-80-76-26-8-12-38-91(76)105-96(72)80)87-57-65(74-32-20-36-82-78-28-10-14-40-93(78)107-98(74)82)46-52-85(87)101(94)84-51-45-64(73-31-19-35-81-77-27-9-13-39-92(77)106-97(73)81)56-86(84)102(88)69-23-15-21-62(54-69)71-29-17-33-79-75-25-7-11-37-90(75)104-95(71)79/h7-19,21-31,33-43,45-49,51-56,58-59,87H,20,32,44,50,57H2,1-6H3/b83-53+. The van der Waals surface area contributed by atoms with Crippen LogP contribution < -0.4 is 31.4 Å². The van der Waals surface area contributed by atoms with Crippen LogP contribution in [0.3, 0.4) is 0 Å². The van der Waals surface area contributed by atoms with Gasteiger partial charge in [-0.3, -0.25) is 0 Å². The van der Waals surface area contributed by atoms with Crippen LogP contribution >= 0.6 is 0 Å². The minimum Gasteiger partial charge on any atom is -0.456 e.